The first kappa shape index (κ1) is 26.9. The van der Waals surface area contributed by atoms with Gasteiger partial charge in [-0.1, -0.05) is 40.9 Å². The molecule has 0 spiro atoms. The Balaban J connectivity index is 1.23. The molecule has 2 aliphatic heterocycles. The third-order valence-electron chi connectivity index (χ3n) is 7.36. The topological polar surface area (TPSA) is 53.1 Å². The highest BCUT2D eigenvalue weighted by atomic mass is 35.5. The van der Waals surface area contributed by atoms with Crippen LogP contribution in [0.15, 0.2) is 36.4 Å². The highest BCUT2D eigenvalue weighted by Crippen LogP contribution is 2.35. The van der Waals surface area contributed by atoms with Gasteiger partial charge in [-0.2, -0.15) is 0 Å². The number of hydrogen-bond donors (Lipinski definition) is 0. The summed E-state index contributed by atoms with van der Waals surface area (Å²) in [5.74, 6) is 1.16. The molecule has 0 bridgehead atoms. The van der Waals surface area contributed by atoms with Crippen LogP contribution in [0.3, 0.4) is 0 Å². The Kier molecular flexibility index (Phi) is 8.91. The minimum Gasteiger partial charge on any atom is -0.444 e. The second-order valence-corrected chi connectivity index (χ2v) is 11.0. The number of hydrogen-bond acceptors (Lipinski definition) is 4. The molecule has 6 nitrogen and oxygen atoms in total. The Morgan fingerprint density at radius 3 is 2.03 bits per heavy atom. The zero-order valence-electron chi connectivity index (χ0n) is 20.7. The summed E-state index contributed by atoms with van der Waals surface area (Å²) in [6.07, 6.45) is 3.87. The van der Waals surface area contributed by atoms with Crippen molar-refractivity contribution in [2.75, 3.05) is 45.2 Å². The second-order valence-electron chi connectivity index (χ2n) is 9.77. The first-order valence-corrected chi connectivity index (χ1v) is 13.5. The van der Waals surface area contributed by atoms with Crippen LogP contribution in [0.25, 0.3) is 0 Å². The van der Waals surface area contributed by atoms with Crippen molar-refractivity contribution in [2.24, 2.45) is 11.8 Å². The van der Waals surface area contributed by atoms with Gasteiger partial charge in [0.05, 0.1) is 10.6 Å². The number of rotatable bonds is 5. The normalized spacial score (nSPS) is 17.2. The van der Waals surface area contributed by atoms with Crippen LogP contribution >= 0.6 is 34.8 Å². The van der Waals surface area contributed by atoms with Crippen molar-refractivity contribution < 1.29 is 14.3 Å². The van der Waals surface area contributed by atoms with Crippen molar-refractivity contribution in [3.05, 3.63) is 62.6 Å². The van der Waals surface area contributed by atoms with Crippen LogP contribution in [0.5, 0.6) is 0 Å². The molecule has 2 fully saturated rings. The van der Waals surface area contributed by atoms with Crippen LogP contribution < -0.4 is 4.90 Å². The smallest absolute Gasteiger partial charge is 0.410 e. The summed E-state index contributed by atoms with van der Waals surface area (Å²) in [5, 5.41) is 1.49. The predicted octanol–water partition coefficient (Wildman–Crippen LogP) is 6.61. The van der Waals surface area contributed by atoms with Crippen molar-refractivity contribution in [2.45, 2.75) is 32.3 Å². The van der Waals surface area contributed by atoms with E-state index in [9.17, 15) is 9.59 Å². The third-order valence-corrected chi connectivity index (χ3v) is 8.38. The number of nitrogens with zero attached hydrogens (tertiary/aromatic N) is 3. The largest absolute Gasteiger partial charge is 0.444 e. The maximum Gasteiger partial charge on any atom is 0.410 e. The van der Waals surface area contributed by atoms with Gasteiger partial charge in [0.15, 0.2) is 0 Å². The minimum absolute atomic E-state index is 0.0734. The maximum atomic E-state index is 12.6. The number of piperidine rings is 2. The van der Waals surface area contributed by atoms with E-state index in [2.05, 4.69) is 4.90 Å². The number of amides is 2. The maximum absolute atomic E-state index is 12.6. The van der Waals surface area contributed by atoms with Crippen molar-refractivity contribution in [3.63, 3.8) is 0 Å². The first-order chi connectivity index (χ1) is 17.2. The van der Waals surface area contributed by atoms with Gasteiger partial charge in [0.25, 0.3) is 5.91 Å². The Morgan fingerprint density at radius 2 is 1.47 bits per heavy atom. The molecule has 9 heteroatoms. The molecule has 0 aromatic heterocycles. The van der Waals surface area contributed by atoms with Gasteiger partial charge >= 0.3 is 6.09 Å². The van der Waals surface area contributed by atoms with E-state index < -0.39 is 0 Å². The number of carbonyl (C=O) groups excluding carboxylic acids is 2. The van der Waals surface area contributed by atoms with Crippen LogP contribution in [-0.2, 0) is 11.3 Å². The summed E-state index contributed by atoms with van der Waals surface area (Å²) in [7, 11) is 3.45. The molecule has 2 amide bonds. The number of benzene rings is 2. The van der Waals surface area contributed by atoms with Crippen molar-refractivity contribution >= 4 is 52.5 Å². The molecule has 0 aliphatic carbocycles. The average molecular weight is 553 g/mol. The van der Waals surface area contributed by atoms with E-state index in [1.54, 1.807) is 37.2 Å². The zero-order valence-corrected chi connectivity index (χ0v) is 23.0. The van der Waals surface area contributed by atoms with Gasteiger partial charge in [0, 0.05) is 61.6 Å². The lowest BCUT2D eigenvalue weighted by atomic mass is 9.79. The number of carbonyl (C=O) groups is 2. The van der Waals surface area contributed by atoms with Crippen LogP contribution in [-0.4, -0.2) is 62.1 Å². The summed E-state index contributed by atoms with van der Waals surface area (Å²) in [5.41, 5.74) is 2.22. The van der Waals surface area contributed by atoms with Gasteiger partial charge in [-0.3, -0.25) is 4.79 Å². The quantitative estimate of drug-likeness (QED) is 0.419. The zero-order chi connectivity index (χ0) is 25.8. The van der Waals surface area contributed by atoms with Crippen LogP contribution in [0.1, 0.15) is 41.6 Å². The highest BCUT2D eigenvalue weighted by Gasteiger charge is 2.31. The molecule has 2 aliphatic rings. The molecule has 2 aromatic rings. The van der Waals surface area contributed by atoms with Gasteiger partial charge in [0.2, 0.25) is 0 Å². The molecule has 2 saturated heterocycles. The Hall–Kier alpha value is -2.15. The molecule has 0 unspecified atom stereocenters. The van der Waals surface area contributed by atoms with E-state index in [0.717, 1.165) is 44.5 Å². The van der Waals surface area contributed by atoms with E-state index in [-0.39, 0.29) is 18.6 Å². The van der Waals surface area contributed by atoms with E-state index in [4.69, 9.17) is 39.5 Å². The molecule has 4 rings (SSSR count). The van der Waals surface area contributed by atoms with Gasteiger partial charge in [-0.05, 0) is 67.9 Å². The fourth-order valence-corrected chi connectivity index (χ4v) is 5.96. The van der Waals surface area contributed by atoms with Gasteiger partial charge < -0.3 is 19.4 Å². The summed E-state index contributed by atoms with van der Waals surface area (Å²) < 4.78 is 5.50. The van der Waals surface area contributed by atoms with E-state index in [1.807, 2.05) is 18.2 Å². The fourth-order valence-electron chi connectivity index (χ4n) is 5.19. The number of anilines is 1. The lowest BCUT2D eigenvalue weighted by molar-refractivity contribution is 0.0732. The molecular weight excluding hydrogens is 521 g/mol. The molecule has 194 valence electrons. The van der Waals surface area contributed by atoms with E-state index >= 15 is 0 Å². The summed E-state index contributed by atoms with van der Waals surface area (Å²) in [6.45, 7) is 3.41. The lowest BCUT2D eigenvalue weighted by Crippen LogP contribution is -2.43. The van der Waals surface area contributed by atoms with E-state index in [0.29, 0.717) is 51.1 Å². The summed E-state index contributed by atoms with van der Waals surface area (Å²) >= 11 is 18.8. The minimum atomic E-state index is -0.313. The van der Waals surface area contributed by atoms with Crippen LogP contribution in [0, 0.1) is 11.8 Å². The highest BCUT2D eigenvalue weighted by molar-refractivity contribution is 6.36. The van der Waals surface area contributed by atoms with Gasteiger partial charge in [-0.25, -0.2) is 4.79 Å². The summed E-state index contributed by atoms with van der Waals surface area (Å²) in [6, 6.07) is 11.0. The predicted molar refractivity (Wildman–Crippen MR) is 145 cm³/mol. The monoisotopic (exact) mass is 551 g/mol. The SMILES string of the molecule is CN(C)C(=O)c1ccc(N2CCC(C3CCN(C(=O)OCc4c(Cl)cccc4Cl)CC3)CC2)cc1Cl. The molecular formula is C27H32Cl3N3O3. The van der Waals surface area contributed by atoms with Gasteiger partial charge in [0.1, 0.15) is 6.61 Å². The molecule has 36 heavy (non-hydrogen) atoms. The Labute approximate surface area is 228 Å². The second kappa shape index (κ2) is 11.9. The fraction of sp³-hybridized carbons (Fsp3) is 0.481. The van der Waals surface area contributed by atoms with Crippen LogP contribution in [0.4, 0.5) is 10.5 Å². The number of halogens is 3. The molecule has 0 radical (unpaired) electrons. The Bertz CT molecular complexity index is 1070. The van der Waals surface area contributed by atoms with Crippen molar-refractivity contribution in [3.8, 4) is 0 Å². The first-order valence-electron chi connectivity index (χ1n) is 12.4. The number of ether oxygens (including phenoxy) is 1. The third kappa shape index (κ3) is 6.21. The standard InChI is InChI=1S/C27H32Cl3N3O3/c1-31(2)26(34)21-7-6-20(16-25(21)30)32-12-8-18(9-13-32)19-10-14-33(15-11-19)27(35)36-17-22-23(28)4-3-5-24(22)29/h3-7,16,18-19H,8-15,17H2,1-2H3. The molecule has 2 aromatic carbocycles. The molecule has 0 N–H and O–H groups in total. The molecule has 0 saturated carbocycles. The molecule has 0 atom stereocenters. The Morgan fingerprint density at radius 1 is 0.889 bits per heavy atom. The van der Waals surface area contributed by atoms with Crippen molar-refractivity contribution in [1.82, 2.24) is 9.80 Å². The van der Waals surface area contributed by atoms with Crippen molar-refractivity contribution in [1.29, 1.82) is 0 Å². The lowest BCUT2D eigenvalue weighted by Gasteiger charge is -2.40. The number of likely N-dealkylation sites (tertiary alicyclic amines) is 1. The summed E-state index contributed by atoms with van der Waals surface area (Å²) in [4.78, 5) is 30.5. The average Bonchev–Trinajstić information content (AvgIpc) is 2.88. The molecule has 2 heterocycles. The van der Waals surface area contributed by atoms with Crippen LogP contribution in [0.2, 0.25) is 15.1 Å². The van der Waals surface area contributed by atoms with E-state index in [1.165, 1.54) is 4.90 Å². The van der Waals surface area contributed by atoms with Gasteiger partial charge in [-0.15, -0.1) is 0 Å².